The normalized spacial score (nSPS) is 19.6. The van der Waals surface area contributed by atoms with Gasteiger partial charge in [-0.1, -0.05) is 5.16 Å². The first kappa shape index (κ1) is 12.3. The molecule has 2 heterocycles. The summed E-state index contributed by atoms with van der Waals surface area (Å²) in [6, 6.07) is -1.16. The molecular formula is C10H14N4O4. The number of rotatable bonds is 3. The lowest BCUT2D eigenvalue weighted by molar-refractivity contribution is -0.143. The molecule has 0 radical (unpaired) electrons. The largest absolute Gasteiger partial charge is 0.480 e. The number of aliphatic carboxylic acids is 1. The Balaban J connectivity index is 1.92. The third kappa shape index (κ3) is 2.76. The number of likely N-dealkylation sites (tertiary alicyclic amines) is 1. The molecule has 1 saturated heterocycles. The minimum Gasteiger partial charge on any atom is -0.480 e. The van der Waals surface area contributed by atoms with Crippen molar-refractivity contribution in [3.8, 4) is 0 Å². The van der Waals surface area contributed by atoms with Crippen LogP contribution in [-0.4, -0.2) is 44.7 Å². The molecule has 2 rings (SSSR count). The molecule has 1 atom stereocenters. The van der Waals surface area contributed by atoms with Gasteiger partial charge in [0.15, 0.2) is 5.82 Å². The maximum Gasteiger partial charge on any atom is 0.326 e. The molecule has 2 N–H and O–H groups in total. The molecule has 1 unspecified atom stereocenters. The van der Waals surface area contributed by atoms with Crippen LogP contribution in [0.3, 0.4) is 0 Å². The van der Waals surface area contributed by atoms with Gasteiger partial charge in [-0.05, 0) is 19.3 Å². The van der Waals surface area contributed by atoms with E-state index in [0.717, 1.165) is 12.8 Å². The summed E-state index contributed by atoms with van der Waals surface area (Å²) in [5.74, 6) is -0.614. The standard InChI is InChI=1S/C10H14N4O4/c15-9(16)7-3-1-2-4-14(7)10(17)11-5-8-12-6-18-13-8/h6-7H,1-5H2,(H,11,17)(H,15,16). The van der Waals surface area contributed by atoms with Gasteiger partial charge in [0.2, 0.25) is 6.39 Å². The summed E-state index contributed by atoms with van der Waals surface area (Å²) in [6.07, 6.45) is 3.30. The summed E-state index contributed by atoms with van der Waals surface area (Å²) >= 11 is 0. The van der Waals surface area contributed by atoms with Crippen molar-refractivity contribution < 1.29 is 19.2 Å². The van der Waals surface area contributed by atoms with E-state index < -0.39 is 18.0 Å². The van der Waals surface area contributed by atoms with Crippen LogP contribution in [0.2, 0.25) is 0 Å². The zero-order valence-electron chi connectivity index (χ0n) is 9.70. The Labute approximate surface area is 103 Å². The summed E-state index contributed by atoms with van der Waals surface area (Å²) in [5, 5.41) is 15.2. The Bertz CT molecular complexity index is 420. The highest BCUT2D eigenvalue weighted by Gasteiger charge is 2.31. The first-order chi connectivity index (χ1) is 8.68. The molecule has 2 amide bonds. The SMILES string of the molecule is O=C(O)C1CCCCN1C(=O)NCc1ncon1. The van der Waals surface area contributed by atoms with E-state index in [1.54, 1.807) is 0 Å². The minimum atomic E-state index is -0.968. The molecule has 1 fully saturated rings. The highest BCUT2D eigenvalue weighted by atomic mass is 16.5. The molecule has 0 saturated carbocycles. The van der Waals surface area contributed by atoms with Crippen LogP contribution in [0, 0.1) is 0 Å². The van der Waals surface area contributed by atoms with E-state index >= 15 is 0 Å². The fraction of sp³-hybridized carbons (Fsp3) is 0.600. The molecule has 1 aliphatic heterocycles. The van der Waals surface area contributed by atoms with Gasteiger partial charge in [0.05, 0.1) is 6.54 Å². The van der Waals surface area contributed by atoms with Crippen LogP contribution in [0.25, 0.3) is 0 Å². The average Bonchev–Trinajstić information content (AvgIpc) is 2.89. The van der Waals surface area contributed by atoms with E-state index in [9.17, 15) is 9.59 Å². The molecule has 8 heteroatoms. The van der Waals surface area contributed by atoms with E-state index in [1.807, 2.05) is 0 Å². The van der Waals surface area contributed by atoms with E-state index in [2.05, 4.69) is 20.0 Å². The smallest absolute Gasteiger partial charge is 0.326 e. The fourth-order valence-electron chi connectivity index (χ4n) is 1.96. The number of urea groups is 1. The average molecular weight is 254 g/mol. The molecule has 1 aromatic rings. The van der Waals surface area contributed by atoms with Crippen LogP contribution < -0.4 is 5.32 Å². The highest BCUT2D eigenvalue weighted by molar-refractivity contribution is 5.82. The maximum atomic E-state index is 11.9. The highest BCUT2D eigenvalue weighted by Crippen LogP contribution is 2.17. The molecule has 0 bridgehead atoms. The Morgan fingerprint density at radius 1 is 1.56 bits per heavy atom. The van der Waals surface area contributed by atoms with Gasteiger partial charge in [-0.25, -0.2) is 9.59 Å². The van der Waals surface area contributed by atoms with Crippen molar-refractivity contribution in [2.24, 2.45) is 0 Å². The second kappa shape index (κ2) is 5.48. The Hall–Kier alpha value is -2.12. The van der Waals surface area contributed by atoms with Crippen LogP contribution in [-0.2, 0) is 11.3 Å². The van der Waals surface area contributed by atoms with E-state index in [4.69, 9.17) is 5.11 Å². The first-order valence-electron chi connectivity index (χ1n) is 5.71. The van der Waals surface area contributed by atoms with Crippen LogP contribution >= 0.6 is 0 Å². The predicted octanol–water partition coefficient (Wildman–Crippen LogP) is 0.218. The van der Waals surface area contributed by atoms with E-state index in [-0.39, 0.29) is 6.54 Å². The van der Waals surface area contributed by atoms with Crippen molar-refractivity contribution >= 4 is 12.0 Å². The third-order valence-electron chi connectivity index (χ3n) is 2.85. The van der Waals surface area contributed by atoms with Gasteiger partial charge < -0.3 is 19.8 Å². The molecule has 98 valence electrons. The van der Waals surface area contributed by atoms with Gasteiger partial charge in [0.1, 0.15) is 6.04 Å². The topological polar surface area (TPSA) is 109 Å². The zero-order valence-corrected chi connectivity index (χ0v) is 9.70. The lowest BCUT2D eigenvalue weighted by Crippen LogP contribution is -2.51. The molecule has 8 nitrogen and oxygen atoms in total. The monoisotopic (exact) mass is 254 g/mol. The molecule has 1 aliphatic rings. The number of amides is 2. The van der Waals surface area contributed by atoms with Crippen molar-refractivity contribution in [3.63, 3.8) is 0 Å². The number of carboxylic acids is 1. The molecule has 0 spiro atoms. The van der Waals surface area contributed by atoms with Gasteiger partial charge in [-0.2, -0.15) is 4.98 Å². The second-order valence-electron chi connectivity index (χ2n) is 4.05. The summed E-state index contributed by atoms with van der Waals surface area (Å²) in [5.41, 5.74) is 0. The maximum absolute atomic E-state index is 11.9. The van der Waals surface area contributed by atoms with Crippen LogP contribution in [0.4, 0.5) is 4.79 Å². The second-order valence-corrected chi connectivity index (χ2v) is 4.05. The number of hydrogen-bond donors (Lipinski definition) is 2. The summed E-state index contributed by atoms with van der Waals surface area (Å²) in [7, 11) is 0. The fourth-order valence-corrected chi connectivity index (χ4v) is 1.96. The lowest BCUT2D eigenvalue weighted by Gasteiger charge is -2.32. The Kier molecular flexibility index (Phi) is 3.75. The van der Waals surface area contributed by atoms with Crippen LogP contribution in [0.15, 0.2) is 10.9 Å². The van der Waals surface area contributed by atoms with Gasteiger partial charge in [-0.15, -0.1) is 0 Å². The predicted molar refractivity (Wildman–Crippen MR) is 58.5 cm³/mol. The van der Waals surface area contributed by atoms with Gasteiger partial charge in [0.25, 0.3) is 0 Å². The minimum absolute atomic E-state index is 0.123. The van der Waals surface area contributed by atoms with Crippen molar-refractivity contribution in [3.05, 3.63) is 12.2 Å². The third-order valence-corrected chi connectivity index (χ3v) is 2.85. The number of carbonyl (C=O) groups excluding carboxylic acids is 1. The van der Waals surface area contributed by atoms with Gasteiger partial charge in [-0.3, -0.25) is 0 Å². The number of piperidine rings is 1. The first-order valence-corrected chi connectivity index (χ1v) is 5.71. The molecule has 18 heavy (non-hydrogen) atoms. The Morgan fingerprint density at radius 2 is 2.39 bits per heavy atom. The van der Waals surface area contributed by atoms with Crippen molar-refractivity contribution in [2.45, 2.75) is 31.8 Å². The van der Waals surface area contributed by atoms with Crippen molar-refractivity contribution in [2.75, 3.05) is 6.54 Å². The zero-order chi connectivity index (χ0) is 13.0. The summed E-state index contributed by atoms with van der Waals surface area (Å²) in [4.78, 5) is 28.0. The number of carbonyl (C=O) groups is 2. The van der Waals surface area contributed by atoms with Crippen molar-refractivity contribution in [1.29, 1.82) is 0 Å². The summed E-state index contributed by atoms with van der Waals surface area (Å²) < 4.78 is 4.53. The number of nitrogens with one attached hydrogen (secondary N) is 1. The molecular weight excluding hydrogens is 240 g/mol. The van der Waals surface area contributed by atoms with Crippen LogP contribution in [0.1, 0.15) is 25.1 Å². The van der Waals surface area contributed by atoms with Gasteiger partial charge in [0, 0.05) is 6.54 Å². The van der Waals surface area contributed by atoms with Crippen LogP contribution in [0.5, 0.6) is 0 Å². The molecule has 0 aromatic carbocycles. The number of nitrogens with zero attached hydrogens (tertiary/aromatic N) is 3. The van der Waals surface area contributed by atoms with E-state index in [1.165, 1.54) is 11.3 Å². The Morgan fingerprint density at radius 3 is 3.06 bits per heavy atom. The number of aromatic nitrogens is 2. The summed E-state index contributed by atoms with van der Waals surface area (Å²) in [6.45, 7) is 0.577. The number of hydrogen-bond acceptors (Lipinski definition) is 5. The number of carboxylic acid groups (broad SMARTS) is 1. The molecule has 0 aliphatic carbocycles. The quantitative estimate of drug-likeness (QED) is 0.798. The van der Waals surface area contributed by atoms with Crippen molar-refractivity contribution in [1.82, 2.24) is 20.4 Å². The van der Waals surface area contributed by atoms with E-state index in [0.29, 0.717) is 18.8 Å². The lowest BCUT2D eigenvalue weighted by atomic mass is 10.0. The molecule has 1 aromatic heterocycles. The van der Waals surface area contributed by atoms with Gasteiger partial charge >= 0.3 is 12.0 Å².